The lowest BCUT2D eigenvalue weighted by Gasteiger charge is -2.28. The van der Waals surface area contributed by atoms with Crippen LogP contribution >= 0.6 is 0 Å². The molecule has 0 saturated carbocycles. The zero-order chi connectivity index (χ0) is 13.4. The third-order valence-electron chi connectivity index (χ3n) is 5.97. The highest BCUT2D eigenvalue weighted by molar-refractivity contribution is 5.36. The van der Waals surface area contributed by atoms with E-state index in [9.17, 15) is 0 Å². The van der Waals surface area contributed by atoms with Crippen LogP contribution in [0.2, 0.25) is 0 Å². The molecule has 0 heterocycles. The van der Waals surface area contributed by atoms with Crippen molar-refractivity contribution in [2.24, 2.45) is 11.8 Å². The first-order chi connectivity index (χ1) is 9.88. The predicted molar refractivity (Wildman–Crippen MR) is 85.5 cm³/mol. The summed E-state index contributed by atoms with van der Waals surface area (Å²) in [6, 6.07) is 0. The van der Waals surface area contributed by atoms with E-state index in [1.807, 2.05) is 0 Å². The molecule has 0 radical (unpaired) electrons. The van der Waals surface area contributed by atoms with Crippen molar-refractivity contribution >= 4 is 0 Å². The van der Waals surface area contributed by atoms with E-state index in [1.54, 1.807) is 22.3 Å². The highest BCUT2D eigenvalue weighted by Gasteiger charge is 2.25. The minimum atomic E-state index is 0.991. The lowest BCUT2D eigenvalue weighted by Crippen LogP contribution is -2.13. The van der Waals surface area contributed by atoms with Crippen molar-refractivity contribution in [3.63, 3.8) is 0 Å². The molecule has 0 saturated heterocycles. The monoisotopic (exact) mass is 266 g/mol. The first kappa shape index (κ1) is 12.7. The second kappa shape index (κ2) is 5.39. The van der Waals surface area contributed by atoms with Crippen molar-refractivity contribution in [1.29, 1.82) is 0 Å². The lowest BCUT2D eigenvalue weighted by atomic mass is 9.77. The molecule has 4 rings (SSSR count). The molecule has 2 unspecified atom stereocenters. The molecule has 0 aliphatic heterocycles. The van der Waals surface area contributed by atoms with Crippen molar-refractivity contribution in [3.8, 4) is 0 Å². The number of hydrogen-bond acceptors (Lipinski definition) is 0. The maximum atomic E-state index is 2.38. The number of rotatable bonds is 3. The first-order valence-electron chi connectivity index (χ1n) is 8.63. The Labute approximate surface area is 123 Å². The largest absolute Gasteiger partial charge is 0.0802 e. The SMILES string of the molecule is C1=CC2=C(C1)CC(CCC1CCC3=C(CC=C3)C1)CC2. The molecular formula is C20H26. The molecule has 0 aromatic carbocycles. The van der Waals surface area contributed by atoms with Gasteiger partial charge in [-0.05, 0) is 87.2 Å². The normalized spacial score (nSPS) is 32.0. The molecule has 4 aliphatic rings. The maximum Gasteiger partial charge on any atom is -0.0130 e. The van der Waals surface area contributed by atoms with Crippen LogP contribution in [0.3, 0.4) is 0 Å². The van der Waals surface area contributed by atoms with Crippen LogP contribution in [0.5, 0.6) is 0 Å². The summed E-state index contributed by atoms with van der Waals surface area (Å²) in [6.07, 6.45) is 23.4. The highest BCUT2D eigenvalue weighted by Crippen LogP contribution is 2.41. The third-order valence-corrected chi connectivity index (χ3v) is 5.97. The summed E-state index contributed by atoms with van der Waals surface area (Å²) in [6.45, 7) is 0. The van der Waals surface area contributed by atoms with Gasteiger partial charge in [-0.3, -0.25) is 0 Å². The Balaban J connectivity index is 1.28. The van der Waals surface area contributed by atoms with Crippen LogP contribution in [0.25, 0.3) is 0 Å². The van der Waals surface area contributed by atoms with Crippen LogP contribution < -0.4 is 0 Å². The first-order valence-corrected chi connectivity index (χ1v) is 8.63. The molecule has 0 amide bonds. The van der Waals surface area contributed by atoms with Gasteiger partial charge in [-0.15, -0.1) is 0 Å². The van der Waals surface area contributed by atoms with E-state index in [4.69, 9.17) is 0 Å². The lowest BCUT2D eigenvalue weighted by molar-refractivity contribution is 0.341. The Morgan fingerprint density at radius 1 is 0.750 bits per heavy atom. The molecule has 0 N–H and O–H groups in total. The quantitative estimate of drug-likeness (QED) is 0.598. The average molecular weight is 266 g/mol. The van der Waals surface area contributed by atoms with Gasteiger partial charge in [-0.2, -0.15) is 0 Å². The van der Waals surface area contributed by atoms with Gasteiger partial charge >= 0.3 is 0 Å². The predicted octanol–water partition coefficient (Wildman–Crippen LogP) is 5.88. The molecule has 20 heavy (non-hydrogen) atoms. The number of hydrogen-bond donors (Lipinski definition) is 0. The summed E-state index contributed by atoms with van der Waals surface area (Å²) in [7, 11) is 0. The van der Waals surface area contributed by atoms with Gasteiger partial charge in [0.1, 0.15) is 0 Å². The molecule has 0 bridgehead atoms. The molecule has 2 atom stereocenters. The van der Waals surface area contributed by atoms with E-state index in [1.165, 1.54) is 64.2 Å². The van der Waals surface area contributed by atoms with Gasteiger partial charge in [0.05, 0.1) is 0 Å². The molecular weight excluding hydrogens is 240 g/mol. The van der Waals surface area contributed by atoms with Gasteiger partial charge in [-0.25, -0.2) is 0 Å². The van der Waals surface area contributed by atoms with Crippen molar-refractivity contribution in [3.05, 3.63) is 46.6 Å². The van der Waals surface area contributed by atoms with Gasteiger partial charge in [0.2, 0.25) is 0 Å². The topological polar surface area (TPSA) is 0 Å². The zero-order valence-corrected chi connectivity index (χ0v) is 12.5. The van der Waals surface area contributed by atoms with Gasteiger partial charge in [0.15, 0.2) is 0 Å². The third kappa shape index (κ3) is 2.45. The zero-order valence-electron chi connectivity index (χ0n) is 12.5. The van der Waals surface area contributed by atoms with Gasteiger partial charge < -0.3 is 0 Å². The van der Waals surface area contributed by atoms with Crippen molar-refractivity contribution < 1.29 is 0 Å². The second-order valence-electron chi connectivity index (χ2n) is 7.27. The Bertz CT molecular complexity index is 464. The van der Waals surface area contributed by atoms with E-state index in [0.29, 0.717) is 0 Å². The Hall–Kier alpha value is -1.04. The van der Waals surface area contributed by atoms with Crippen LogP contribution in [-0.4, -0.2) is 0 Å². The van der Waals surface area contributed by atoms with Gasteiger partial charge in [-0.1, -0.05) is 35.5 Å². The second-order valence-corrected chi connectivity index (χ2v) is 7.27. The Morgan fingerprint density at radius 3 is 1.75 bits per heavy atom. The molecule has 0 aromatic heterocycles. The minimum Gasteiger partial charge on any atom is -0.0802 e. The standard InChI is InChI=1S/C20H26/c1-3-17-11-9-15(13-19(17)5-1)7-8-16-10-12-18-4-2-6-20(18)14-16/h1-4,15-16H,5-14H2. The summed E-state index contributed by atoms with van der Waals surface area (Å²) >= 11 is 0. The van der Waals surface area contributed by atoms with Gasteiger partial charge in [0.25, 0.3) is 0 Å². The fraction of sp³-hybridized carbons (Fsp3) is 0.600. The molecule has 0 aromatic rings. The van der Waals surface area contributed by atoms with Crippen LogP contribution in [0.15, 0.2) is 46.6 Å². The maximum absolute atomic E-state index is 2.38. The highest BCUT2D eigenvalue weighted by atomic mass is 14.3. The minimum absolute atomic E-state index is 0.991. The van der Waals surface area contributed by atoms with Crippen molar-refractivity contribution in [2.75, 3.05) is 0 Å². The summed E-state index contributed by atoms with van der Waals surface area (Å²) in [5, 5.41) is 0. The molecule has 0 spiro atoms. The van der Waals surface area contributed by atoms with E-state index < -0.39 is 0 Å². The van der Waals surface area contributed by atoms with Crippen molar-refractivity contribution in [1.82, 2.24) is 0 Å². The molecule has 106 valence electrons. The fourth-order valence-electron chi connectivity index (χ4n) is 4.72. The van der Waals surface area contributed by atoms with E-state index in [2.05, 4.69) is 24.3 Å². The average Bonchev–Trinajstić information content (AvgIpc) is 3.12. The summed E-state index contributed by atoms with van der Waals surface area (Å²) in [5.74, 6) is 1.98. The van der Waals surface area contributed by atoms with Gasteiger partial charge in [0, 0.05) is 0 Å². The summed E-state index contributed by atoms with van der Waals surface area (Å²) < 4.78 is 0. The van der Waals surface area contributed by atoms with Crippen LogP contribution in [-0.2, 0) is 0 Å². The number of allylic oxidation sites excluding steroid dienone is 8. The molecule has 0 nitrogen and oxygen atoms in total. The fourth-order valence-corrected chi connectivity index (χ4v) is 4.72. The molecule has 0 heteroatoms. The van der Waals surface area contributed by atoms with E-state index in [-0.39, 0.29) is 0 Å². The smallest absolute Gasteiger partial charge is 0.0130 e. The van der Waals surface area contributed by atoms with Crippen LogP contribution in [0.1, 0.15) is 64.2 Å². The van der Waals surface area contributed by atoms with Crippen molar-refractivity contribution in [2.45, 2.75) is 64.2 Å². The summed E-state index contributed by atoms with van der Waals surface area (Å²) in [5.41, 5.74) is 6.92. The van der Waals surface area contributed by atoms with E-state index >= 15 is 0 Å². The Kier molecular flexibility index (Phi) is 3.42. The van der Waals surface area contributed by atoms with Crippen LogP contribution in [0, 0.1) is 11.8 Å². The Morgan fingerprint density at radius 2 is 1.25 bits per heavy atom. The summed E-state index contributed by atoms with van der Waals surface area (Å²) in [4.78, 5) is 0. The molecule has 0 fully saturated rings. The van der Waals surface area contributed by atoms with E-state index in [0.717, 1.165) is 11.8 Å². The molecule has 4 aliphatic carbocycles. The van der Waals surface area contributed by atoms with Crippen LogP contribution in [0.4, 0.5) is 0 Å².